The van der Waals surface area contributed by atoms with E-state index in [0.717, 1.165) is 17.4 Å². The number of carbonyl (C=O) groups excluding carboxylic acids is 1. The third-order valence-corrected chi connectivity index (χ3v) is 3.70. The molecule has 0 aliphatic carbocycles. The van der Waals surface area contributed by atoms with Gasteiger partial charge < -0.3 is 9.73 Å². The molecule has 0 bridgehead atoms. The fraction of sp³-hybridized carbons (Fsp3) is 0.167. The molecule has 0 fully saturated rings. The Labute approximate surface area is 127 Å². The van der Waals surface area contributed by atoms with Gasteiger partial charge in [-0.1, -0.05) is 19.1 Å². The van der Waals surface area contributed by atoms with Gasteiger partial charge in [0, 0.05) is 16.6 Å². The van der Waals surface area contributed by atoms with E-state index >= 15 is 0 Å². The molecule has 1 heterocycles. The molecule has 3 rings (SSSR count). The van der Waals surface area contributed by atoms with Crippen LogP contribution in [0.1, 0.15) is 28.6 Å². The summed E-state index contributed by atoms with van der Waals surface area (Å²) in [7, 11) is 0. The second-order valence-corrected chi connectivity index (χ2v) is 5.20. The molecule has 1 N–H and O–H groups in total. The summed E-state index contributed by atoms with van der Waals surface area (Å²) >= 11 is 0. The highest BCUT2D eigenvalue weighted by atomic mass is 19.1. The van der Waals surface area contributed by atoms with Gasteiger partial charge in [-0.2, -0.15) is 0 Å². The van der Waals surface area contributed by atoms with Gasteiger partial charge in [-0.25, -0.2) is 4.39 Å². The van der Waals surface area contributed by atoms with E-state index in [1.54, 1.807) is 12.1 Å². The standard InChI is InChI=1S/C18H16FNO2/c1-3-12-7-8-16-15(9-12)11(2)17(22-16)18(21)20-14-6-4-5-13(19)10-14/h4-10H,3H2,1-2H3,(H,20,21). The summed E-state index contributed by atoms with van der Waals surface area (Å²) in [4.78, 5) is 12.3. The van der Waals surface area contributed by atoms with Crippen molar-refractivity contribution in [3.8, 4) is 0 Å². The molecule has 0 atom stereocenters. The number of benzene rings is 2. The minimum atomic E-state index is -0.397. The summed E-state index contributed by atoms with van der Waals surface area (Å²) in [6, 6.07) is 11.7. The Hall–Kier alpha value is -2.62. The fourth-order valence-corrected chi connectivity index (χ4v) is 2.46. The van der Waals surface area contributed by atoms with Crippen LogP contribution in [-0.2, 0) is 6.42 Å². The molecule has 4 heteroatoms. The van der Waals surface area contributed by atoms with E-state index in [1.165, 1.54) is 17.7 Å². The van der Waals surface area contributed by atoms with E-state index in [2.05, 4.69) is 12.2 Å². The first-order valence-corrected chi connectivity index (χ1v) is 7.17. The molecule has 3 aromatic rings. The van der Waals surface area contributed by atoms with Crippen molar-refractivity contribution in [3.63, 3.8) is 0 Å². The maximum Gasteiger partial charge on any atom is 0.291 e. The van der Waals surface area contributed by atoms with Crippen LogP contribution < -0.4 is 5.32 Å². The summed E-state index contributed by atoms with van der Waals surface area (Å²) < 4.78 is 18.8. The minimum Gasteiger partial charge on any atom is -0.451 e. The Kier molecular flexibility index (Phi) is 3.67. The number of fused-ring (bicyclic) bond motifs is 1. The normalized spacial score (nSPS) is 10.9. The van der Waals surface area contributed by atoms with Crippen LogP contribution >= 0.6 is 0 Å². The van der Waals surface area contributed by atoms with Gasteiger partial charge in [0.15, 0.2) is 5.76 Å². The highest BCUT2D eigenvalue weighted by molar-refractivity contribution is 6.06. The third-order valence-electron chi connectivity index (χ3n) is 3.70. The van der Waals surface area contributed by atoms with Crippen molar-refractivity contribution in [1.29, 1.82) is 0 Å². The maximum atomic E-state index is 13.2. The number of rotatable bonds is 3. The van der Waals surface area contributed by atoms with Crippen LogP contribution in [0.4, 0.5) is 10.1 Å². The van der Waals surface area contributed by atoms with Crippen molar-refractivity contribution in [2.45, 2.75) is 20.3 Å². The van der Waals surface area contributed by atoms with Crippen molar-refractivity contribution >= 4 is 22.6 Å². The zero-order valence-corrected chi connectivity index (χ0v) is 12.4. The molecule has 22 heavy (non-hydrogen) atoms. The van der Waals surface area contributed by atoms with Crippen molar-refractivity contribution in [1.82, 2.24) is 0 Å². The van der Waals surface area contributed by atoms with Crippen LogP contribution in [0.2, 0.25) is 0 Å². The minimum absolute atomic E-state index is 0.257. The van der Waals surface area contributed by atoms with Gasteiger partial charge in [0.25, 0.3) is 5.91 Å². The predicted molar refractivity (Wildman–Crippen MR) is 84.7 cm³/mol. The molecule has 0 aliphatic rings. The number of hydrogen-bond donors (Lipinski definition) is 1. The molecule has 112 valence electrons. The molecule has 0 spiro atoms. The van der Waals surface area contributed by atoms with Gasteiger partial charge in [0.2, 0.25) is 0 Å². The van der Waals surface area contributed by atoms with Gasteiger partial charge in [-0.3, -0.25) is 4.79 Å². The molecule has 0 unspecified atom stereocenters. The zero-order chi connectivity index (χ0) is 15.7. The van der Waals surface area contributed by atoms with Crippen LogP contribution in [0.5, 0.6) is 0 Å². The number of carbonyl (C=O) groups is 1. The predicted octanol–water partition coefficient (Wildman–Crippen LogP) is 4.70. The SMILES string of the molecule is CCc1ccc2oc(C(=O)Nc3cccc(F)c3)c(C)c2c1. The third kappa shape index (κ3) is 2.60. The molecule has 1 aromatic heterocycles. The lowest BCUT2D eigenvalue weighted by atomic mass is 10.1. The smallest absolute Gasteiger partial charge is 0.291 e. The Bertz CT molecular complexity index is 851. The Morgan fingerprint density at radius 1 is 1.23 bits per heavy atom. The number of furan rings is 1. The number of amides is 1. The molecule has 0 radical (unpaired) electrons. The molecule has 1 amide bonds. The highest BCUT2D eigenvalue weighted by Crippen LogP contribution is 2.27. The largest absolute Gasteiger partial charge is 0.451 e. The van der Waals surface area contributed by atoms with Crippen molar-refractivity contribution in [2.75, 3.05) is 5.32 Å². The van der Waals surface area contributed by atoms with Crippen molar-refractivity contribution in [2.24, 2.45) is 0 Å². The number of halogens is 1. The first-order valence-electron chi connectivity index (χ1n) is 7.17. The summed E-state index contributed by atoms with van der Waals surface area (Å²) in [5.41, 5.74) is 3.06. The number of anilines is 1. The Morgan fingerprint density at radius 2 is 2.05 bits per heavy atom. The van der Waals surface area contributed by atoms with Crippen molar-refractivity contribution in [3.05, 3.63) is 65.2 Å². The van der Waals surface area contributed by atoms with Crippen LogP contribution in [0.25, 0.3) is 11.0 Å². The van der Waals surface area contributed by atoms with Crippen LogP contribution in [0.3, 0.4) is 0 Å². The average molecular weight is 297 g/mol. The van der Waals surface area contributed by atoms with Gasteiger partial charge in [0.05, 0.1) is 0 Å². The Balaban J connectivity index is 1.95. The number of hydrogen-bond acceptors (Lipinski definition) is 2. The molecular weight excluding hydrogens is 281 g/mol. The van der Waals surface area contributed by atoms with E-state index < -0.39 is 5.82 Å². The summed E-state index contributed by atoms with van der Waals surface area (Å²) in [5, 5.41) is 3.59. The van der Waals surface area contributed by atoms with Crippen molar-refractivity contribution < 1.29 is 13.6 Å². The number of aryl methyl sites for hydroxylation is 2. The molecule has 3 nitrogen and oxygen atoms in total. The lowest BCUT2D eigenvalue weighted by Crippen LogP contribution is -2.12. The quantitative estimate of drug-likeness (QED) is 0.761. The Morgan fingerprint density at radius 3 is 2.77 bits per heavy atom. The summed E-state index contributed by atoms with van der Waals surface area (Å²) in [6.07, 6.45) is 0.922. The topological polar surface area (TPSA) is 42.2 Å². The highest BCUT2D eigenvalue weighted by Gasteiger charge is 2.18. The lowest BCUT2D eigenvalue weighted by Gasteiger charge is -2.03. The first kappa shape index (κ1) is 14.3. The average Bonchev–Trinajstić information content (AvgIpc) is 2.84. The van der Waals surface area contributed by atoms with Gasteiger partial charge in [0.1, 0.15) is 11.4 Å². The van der Waals surface area contributed by atoms with E-state index in [4.69, 9.17) is 4.42 Å². The molecule has 0 saturated carbocycles. The van der Waals surface area contributed by atoms with Gasteiger partial charge >= 0.3 is 0 Å². The van der Waals surface area contributed by atoms with E-state index in [9.17, 15) is 9.18 Å². The molecule has 2 aromatic carbocycles. The molecule has 0 saturated heterocycles. The summed E-state index contributed by atoms with van der Waals surface area (Å²) in [6.45, 7) is 3.93. The first-order chi connectivity index (χ1) is 10.6. The monoisotopic (exact) mass is 297 g/mol. The lowest BCUT2D eigenvalue weighted by molar-refractivity contribution is 0.0998. The second kappa shape index (κ2) is 5.64. The maximum absolute atomic E-state index is 13.2. The van der Waals surface area contributed by atoms with Gasteiger partial charge in [-0.15, -0.1) is 0 Å². The molecule has 0 aliphatic heterocycles. The zero-order valence-electron chi connectivity index (χ0n) is 12.4. The summed E-state index contributed by atoms with van der Waals surface area (Å²) in [5.74, 6) is -0.517. The fourth-order valence-electron chi connectivity index (χ4n) is 2.46. The van der Waals surface area contributed by atoms with E-state index in [-0.39, 0.29) is 11.7 Å². The van der Waals surface area contributed by atoms with Gasteiger partial charge in [-0.05, 0) is 49.2 Å². The van der Waals surface area contributed by atoms with Crippen LogP contribution in [0, 0.1) is 12.7 Å². The van der Waals surface area contributed by atoms with Crippen LogP contribution in [0.15, 0.2) is 46.9 Å². The van der Waals surface area contributed by atoms with Crippen LogP contribution in [-0.4, -0.2) is 5.91 Å². The van der Waals surface area contributed by atoms with E-state index in [0.29, 0.717) is 11.3 Å². The van der Waals surface area contributed by atoms with E-state index in [1.807, 2.05) is 25.1 Å². The number of nitrogens with one attached hydrogen (secondary N) is 1. The second-order valence-electron chi connectivity index (χ2n) is 5.20. The molecular formula is C18H16FNO2.